The van der Waals surface area contributed by atoms with Gasteiger partial charge in [0, 0.05) is 6.04 Å². The quantitative estimate of drug-likeness (QED) is 0.818. The number of carbonyl (C=O) groups is 1. The Labute approximate surface area is 138 Å². The molecule has 1 saturated carbocycles. The van der Waals surface area contributed by atoms with Crippen molar-refractivity contribution in [2.75, 3.05) is 6.54 Å². The predicted molar refractivity (Wildman–Crippen MR) is 86.4 cm³/mol. The van der Waals surface area contributed by atoms with Gasteiger partial charge in [0.1, 0.15) is 0 Å². The van der Waals surface area contributed by atoms with Gasteiger partial charge < -0.3 is 9.90 Å². The average Bonchev–Trinajstić information content (AvgIpc) is 2.44. The van der Waals surface area contributed by atoms with Crippen LogP contribution in [0, 0.1) is 20.8 Å². The summed E-state index contributed by atoms with van der Waals surface area (Å²) >= 11 is 0. The Kier molecular flexibility index (Phi) is 5.47. The molecule has 128 valence electrons. The van der Waals surface area contributed by atoms with E-state index in [4.69, 9.17) is 0 Å². The van der Waals surface area contributed by atoms with Crippen LogP contribution in [0.1, 0.15) is 48.8 Å². The molecule has 0 bridgehead atoms. The van der Waals surface area contributed by atoms with Crippen LogP contribution in [0.5, 0.6) is 0 Å². The number of hydrogen-bond donors (Lipinski definition) is 0. The Hall–Kier alpha value is -1.40. The minimum Gasteiger partial charge on any atom is -0.549 e. The van der Waals surface area contributed by atoms with Crippen molar-refractivity contribution in [3.63, 3.8) is 0 Å². The van der Waals surface area contributed by atoms with Gasteiger partial charge in [-0.3, -0.25) is 0 Å². The molecule has 0 aliphatic heterocycles. The van der Waals surface area contributed by atoms with E-state index >= 15 is 0 Å². The highest BCUT2D eigenvalue weighted by atomic mass is 32.2. The van der Waals surface area contributed by atoms with Crippen molar-refractivity contribution < 1.29 is 18.3 Å². The molecule has 1 fully saturated rings. The van der Waals surface area contributed by atoms with E-state index in [1.54, 1.807) is 13.8 Å². The van der Waals surface area contributed by atoms with Gasteiger partial charge >= 0.3 is 0 Å². The van der Waals surface area contributed by atoms with Gasteiger partial charge in [0.05, 0.1) is 17.4 Å². The fourth-order valence-electron chi connectivity index (χ4n) is 3.60. The number of carboxylic acid groups (broad SMARTS) is 1. The molecule has 2 rings (SSSR count). The molecule has 0 amide bonds. The summed E-state index contributed by atoms with van der Waals surface area (Å²) in [4.78, 5) is 11.4. The van der Waals surface area contributed by atoms with E-state index < -0.39 is 22.5 Å². The Balaban J connectivity index is 2.49. The molecule has 5 nitrogen and oxygen atoms in total. The molecule has 1 aromatic carbocycles. The van der Waals surface area contributed by atoms with Crippen molar-refractivity contribution in [2.45, 2.75) is 63.8 Å². The third-order valence-corrected chi connectivity index (χ3v) is 6.64. The smallest absolute Gasteiger partial charge is 0.244 e. The van der Waals surface area contributed by atoms with Gasteiger partial charge in [0.2, 0.25) is 10.0 Å². The number of nitrogens with zero attached hydrogens (tertiary/aromatic N) is 1. The highest BCUT2D eigenvalue weighted by Crippen LogP contribution is 2.31. The van der Waals surface area contributed by atoms with E-state index in [-0.39, 0.29) is 10.9 Å². The number of carbonyl (C=O) groups excluding carboxylic acids is 1. The number of aliphatic carboxylic acids is 1. The normalized spacial score (nSPS) is 16.7. The zero-order valence-corrected chi connectivity index (χ0v) is 14.8. The molecule has 0 heterocycles. The number of carboxylic acids is 1. The lowest BCUT2D eigenvalue weighted by atomic mass is 9.95. The molecule has 0 saturated heterocycles. The van der Waals surface area contributed by atoms with Gasteiger partial charge in [-0.2, -0.15) is 4.31 Å². The minimum absolute atomic E-state index is 0.231. The monoisotopic (exact) mass is 338 g/mol. The summed E-state index contributed by atoms with van der Waals surface area (Å²) in [5.41, 5.74) is 2.30. The molecule has 0 radical (unpaired) electrons. The number of sulfonamides is 1. The van der Waals surface area contributed by atoms with Crippen LogP contribution in [0.4, 0.5) is 0 Å². The summed E-state index contributed by atoms with van der Waals surface area (Å²) in [5.74, 6) is -1.36. The van der Waals surface area contributed by atoms with Gasteiger partial charge in [-0.05, 0) is 44.7 Å². The van der Waals surface area contributed by atoms with Crippen LogP contribution in [-0.4, -0.2) is 31.3 Å². The second kappa shape index (κ2) is 7.01. The number of aryl methyl sites for hydroxylation is 3. The van der Waals surface area contributed by atoms with Crippen LogP contribution in [-0.2, 0) is 14.8 Å². The molecule has 1 aliphatic carbocycles. The SMILES string of the molecule is Cc1cc(C)c(S(=O)(=O)N(CC(=O)[O-])C2CCCCC2)c(C)c1. The highest BCUT2D eigenvalue weighted by molar-refractivity contribution is 7.89. The topological polar surface area (TPSA) is 77.5 Å². The second-order valence-corrected chi connectivity index (χ2v) is 8.27. The first-order valence-corrected chi connectivity index (χ1v) is 9.47. The first-order chi connectivity index (χ1) is 10.7. The Morgan fingerprint density at radius 1 is 1.13 bits per heavy atom. The minimum atomic E-state index is -3.86. The van der Waals surface area contributed by atoms with Crippen LogP contribution in [0.15, 0.2) is 17.0 Å². The van der Waals surface area contributed by atoms with Crippen LogP contribution in [0.25, 0.3) is 0 Å². The van der Waals surface area contributed by atoms with Crippen molar-refractivity contribution in [1.82, 2.24) is 4.31 Å². The third kappa shape index (κ3) is 3.93. The lowest BCUT2D eigenvalue weighted by Gasteiger charge is -2.34. The molecule has 1 aromatic rings. The largest absolute Gasteiger partial charge is 0.549 e. The fourth-order valence-corrected chi connectivity index (χ4v) is 5.64. The van der Waals surface area contributed by atoms with E-state index in [0.29, 0.717) is 24.0 Å². The summed E-state index contributed by atoms with van der Waals surface area (Å²) in [5, 5.41) is 11.1. The second-order valence-electron chi connectivity index (χ2n) is 6.44. The van der Waals surface area contributed by atoms with E-state index in [0.717, 1.165) is 29.1 Å². The van der Waals surface area contributed by atoms with Crippen molar-refractivity contribution >= 4 is 16.0 Å². The van der Waals surface area contributed by atoms with Crippen molar-refractivity contribution in [3.05, 3.63) is 28.8 Å². The first kappa shape index (κ1) is 17.9. The van der Waals surface area contributed by atoms with Crippen LogP contribution >= 0.6 is 0 Å². The average molecular weight is 338 g/mol. The van der Waals surface area contributed by atoms with Crippen LogP contribution in [0.3, 0.4) is 0 Å². The van der Waals surface area contributed by atoms with Crippen molar-refractivity contribution in [1.29, 1.82) is 0 Å². The zero-order chi connectivity index (χ0) is 17.2. The zero-order valence-electron chi connectivity index (χ0n) is 14.0. The summed E-state index contributed by atoms with van der Waals surface area (Å²) in [6, 6.07) is 3.38. The summed E-state index contributed by atoms with van der Waals surface area (Å²) < 4.78 is 27.5. The lowest BCUT2D eigenvalue weighted by molar-refractivity contribution is -0.305. The molecule has 0 atom stereocenters. The third-order valence-electron chi connectivity index (χ3n) is 4.44. The molecule has 0 unspecified atom stereocenters. The maximum absolute atomic E-state index is 13.2. The number of hydrogen-bond acceptors (Lipinski definition) is 4. The van der Waals surface area contributed by atoms with E-state index in [1.807, 2.05) is 19.1 Å². The van der Waals surface area contributed by atoms with Gasteiger partial charge in [-0.1, -0.05) is 37.0 Å². The van der Waals surface area contributed by atoms with E-state index in [2.05, 4.69) is 0 Å². The molecule has 1 aliphatic rings. The van der Waals surface area contributed by atoms with Gasteiger partial charge in [-0.25, -0.2) is 8.42 Å². The summed E-state index contributed by atoms with van der Waals surface area (Å²) in [6.07, 6.45) is 4.33. The number of rotatable bonds is 5. The molecule has 0 spiro atoms. The van der Waals surface area contributed by atoms with Crippen molar-refractivity contribution in [3.8, 4) is 0 Å². The van der Waals surface area contributed by atoms with Crippen LogP contribution < -0.4 is 5.11 Å². The molecule has 0 N–H and O–H groups in total. The summed E-state index contributed by atoms with van der Waals surface area (Å²) in [7, 11) is -3.86. The van der Waals surface area contributed by atoms with Crippen LogP contribution in [0.2, 0.25) is 0 Å². The summed E-state index contributed by atoms with van der Waals surface area (Å²) in [6.45, 7) is 4.84. The molecule has 23 heavy (non-hydrogen) atoms. The van der Waals surface area contributed by atoms with E-state index in [1.165, 1.54) is 0 Å². The Morgan fingerprint density at radius 2 is 1.65 bits per heavy atom. The molecular formula is C17H24NO4S-. The first-order valence-electron chi connectivity index (χ1n) is 8.03. The van der Waals surface area contributed by atoms with Gasteiger partial charge in [-0.15, -0.1) is 0 Å². The fraction of sp³-hybridized carbons (Fsp3) is 0.588. The standard InChI is InChI=1S/C17H25NO4S/c1-12-9-13(2)17(14(3)10-12)23(21,22)18(11-16(19)20)15-7-5-4-6-8-15/h9-10,15H,4-8,11H2,1-3H3,(H,19,20)/p-1. The predicted octanol–water partition coefficient (Wildman–Crippen LogP) is 1.69. The molecule has 6 heteroatoms. The highest BCUT2D eigenvalue weighted by Gasteiger charge is 2.34. The lowest BCUT2D eigenvalue weighted by Crippen LogP contribution is -2.48. The maximum Gasteiger partial charge on any atom is 0.244 e. The Morgan fingerprint density at radius 3 is 2.13 bits per heavy atom. The van der Waals surface area contributed by atoms with Gasteiger partial charge in [0.25, 0.3) is 0 Å². The molecular weight excluding hydrogens is 314 g/mol. The molecule has 0 aromatic heterocycles. The van der Waals surface area contributed by atoms with E-state index in [9.17, 15) is 18.3 Å². The van der Waals surface area contributed by atoms with Crippen molar-refractivity contribution in [2.24, 2.45) is 0 Å². The number of benzene rings is 1. The maximum atomic E-state index is 13.2. The Bertz CT molecular complexity index is 668. The van der Waals surface area contributed by atoms with Gasteiger partial charge in [0.15, 0.2) is 0 Å².